The summed E-state index contributed by atoms with van der Waals surface area (Å²) >= 11 is 0. The molecule has 0 bridgehead atoms. The van der Waals surface area contributed by atoms with Crippen molar-refractivity contribution >= 4 is 21.4 Å². The summed E-state index contributed by atoms with van der Waals surface area (Å²) in [5.41, 5.74) is -0.846. The minimum absolute atomic E-state index is 0.0176. The van der Waals surface area contributed by atoms with Gasteiger partial charge in [0, 0.05) is 25.2 Å². The summed E-state index contributed by atoms with van der Waals surface area (Å²) in [5, 5.41) is 0. The van der Waals surface area contributed by atoms with Gasteiger partial charge in [0.2, 0.25) is 0 Å². The van der Waals surface area contributed by atoms with Gasteiger partial charge in [0.1, 0.15) is 5.75 Å². The molecule has 186 valence electrons. The zero-order chi connectivity index (χ0) is 25.7. The Kier molecular flexibility index (Phi) is 6.36. The molecule has 0 amide bonds. The van der Waals surface area contributed by atoms with E-state index in [2.05, 4.69) is 6.58 Å². The van der Waals surface area contributed by atoms with Gasteiger partial charge in [-0.2, -0.15) is 17.6 Å². The van der Waals surface area contributed by atoms with E-state index in [0.717, 1.165) is 35.6 Å². The van der Waals surface area contributed by atoms with E-state index in [0.29, 0.717) is 11.8 Å². The number of sulfonamides is 1. The molecule has 0 spiro atoms. The topological polar surface area (TPSA) is 49.9 Å². The fourth-order valence-electron chi connectivity index (χ4n) is 3.56. The predicted octanol–water partition coefficient (Wildman–Crippen LogP) is 5.19. The highest BCUT2D eigenvalue weighted by Crippen LogP contribution is 2.46. The molecule has 1 heterocycles. The Balaban J connectivity index is 2.05. The van der Waals surface area contributed by atoms with Crippen LogP contribution in [0.3, 0.4) is 0 Å². The molecule has 34 heavy (non-hydrogen) atoms. The molecule has 2 aromatic carbocycles. The molecule has 5 nitrogen and oxygen atoms in total. The van der Waals surface area contributed by atoms with Crippen LogP contribution in [0.4, 0.5) is 32.0 Å². The summed E-state index contributed by atoms with van der Waals surface area (Å²) in [6.07, 6.45) is 0. The number of nitrogens with zero attached hydrogens (tertiary/aromatic N) is 2. The average Bonchev–Trinajstić information content (AvgIpc) is 2.98. The fourth-order valence-corrected chi connectivity index (χ4v) is 4.77. The van der Waals surface area contributed by atoms with E-state index in [9.17, 15) is 34.8 Å². The summed E-state index contributed by atoms with van der Waals surface area (Å²) in [6, 6.07) is 8.10. The highest BCUT2D eigenvalue weighted by Gasteiger charge is 2.63. The number of halogens is 6. The number of benzene rings is 2. The lowest BCUT2D eigenvalue weighted by Crippen LogP contribution is -2.38. The summed E-state index contributed by atoms with van der Waals surface area (Å²) in [5.74, 6) is -11.8. The molecule has 12 heteroatoms. The Morgan fingerprint density at radius 1 is 1.06 bits per heavy atom. The molecule has 1 aliphatic rings. The van der Waals surface area contributed by atoms with E-state index in [4.69, 9.17) is 4.74 Å². The molecule has 0 aromatic heterocycles. The van der Waals surface area contributed by atoms with Crippen LogP contribution in [0.1, 0.15) is 18.1 Å². The normalized spacial score (nSPS) is 17.5. The molecule has 1 saturated heterocycles. The lowest BCUT2D eigenvalue weighted by Gasteiger charge is -2.28. The molecule has 0 aliphatic carbocycles. The Morgan fingerprint density at radius 3 is 2.06 bits per heavy atom. The number of alkyl halides is 6. The lowest BCUT2D eigenvalue weighted by atomic mass is 10.1. The van der Waals surface area contributed by atoms with E-state index in [-0.39, 0.29) is 33.2 Å². The number of hydrogen-bond acceptors (Lipinski definition) is 4. The number of hydrogen-bond donors (Lipinski definition) is 0. The Bertz CT molecular complexity index is 1180. The predicted molar refractivity (Wildman–Crippen MR) is 115 cm³/mol. The van der Waals surface area contributed by atoms with Crippen LogP contribution in [0.2, 0.25) is 0 Å². The van der Waals surface area contributed by atoms with Crippen LogP contribution in [0, 0.1) is 0 Å². The van der Waals surface area contributed by atoms with Crippen molar-refractivity contribution in [1.82, 2.24) is 4.90 Å². The van der Waals surface area contributed by atoms with Crippen molar-refractivity contribution in [3.8, 4) is 5.75 Å². The van der Waals surface area contributed by atoms with Gasteiger partial charge in [-0.25, -0.2) is 17.2 Å². The smallest absolute Gasteiger partial charge is 0.329 e. The second kappa shape index (κ2) is 8.40. The van der Waals surface area contributed by atoms with Gasteiger partial charge in [0.25, 0.3) is 15.9 Å². The van der Waals surface area contributed by atoms with Crippen molar-refractivity contribution in [3.05, 3.63) is 60.2 Å². The monoisotopic (exact) mass is 508 g/mol. The molecule has 0 unspecified atom stereocenters. The van der Waals surface area contributed by atoms with Crippen molar-refractivity contribution in [1.29, 1.82) is 0 Å². The maximum Gasteiger partial charge on any atom is 0.329 e. The minimum Gasteiger partial charge on any atom is -0.496 e. The van der Waals surface area contributed by atoms with Crippen LogP contribution in [-0.2, 0) is 15.9 Å². The molecule has 1 aliphatic heterocycles. The van der Waals surface area contributed by atoms with Crippen LogP contribution in [0.5, 0.6) is 5.75 Å². The first-order chi connectivity index (χ1) is 15.5. The largest absolute Gasteiger partial charge is 0.496 e. The Labute approximate surface area is 193 Å². The number of methoxy groups -OCH3 is 1. The summed E-state index contributed by atoms with van der Waals surface area (Å²) in [7, 11) is -1.94. The van der Waals surface area contributed by atoms with Gasteiger partial charge in [-0.15, -0.1) is 0 Å². The first-order valence-corrected chi connectivity index (χ1v) is 11.3. The zero-order valence-corrected chi connectivity index (χ0v) is 19.3. The standard InChI is InChI=1S/C22H22F6N2O3S/c1-14(30-12-21(25,26)22(27,28)13-30)19-17(6-5-7-18(19)33-4)29(3)34(31,32)16-10-8-15(9-11-16)20(2,23)24/h5-11H,1,12-13H2,2-4H3. The van der Waals surface area contributed by atoms with Crippen LogP contribution < -0.4 is 9.04 Å². The van der Waals surface area contributed by atoms with Crippen molar-refractivity contribution in [2.24, 2.45) is 0 Å². The molecule has 0 atom stereocenters. The third-order valence-corrected chi connectivity index (χ3v) is 7.35. The minimum atomic E-state index is -4.33. The second-order valence-corrected chi connectivity index (χ2v) is 9.92. The second-order valence-electron chi connectivity index (χ2n) is 7.95. The quantitative estimate of drug-likeness (QED) is 0.483. The van der Waals surface area contributed by atoms with Crippen molar-refractivity contribution in [2.45, 2.75) is 29.6 Å². The molecular weight excluding hydrogens is 486 g/mol. The fraction of sp³-hybridized carbons (Fsp3) is 0.364. The maximum absolute atomic E-state index is 13.8. The molecule has 0 saturated carbocycles. The maximum atomic E-state index is 13.8. The average molecular weight is 508 g/mol. The Hall–Kier alpha value is -2.89. The van der Waals surface area contributed by atoms with Gasteiger partial charge in [-0.1, -0.05) is 24.8 Å². The lowest BCUT2D eigenvalue weighted by molar-refractivity contribution is -0.172. The summed E-state index contributed by atoms with van der Waals surface area (Å²) in [6.45, 7) is 1.69. The molecular formula is C22H22F6N2O3S. The first-order valence-electron chi connectivity index (χ1n) is 9.87. The van der Waals surface area contributed by atoms with Crippen molar-refractivity contribution in [3.63, 3.8) is 0 Å². The number of likely N-dealkylation sites (tertiary alicyclic amines) is 1. The molecule has 2 aromatic rings. The SMILES string of the molecule is C=C(c1c(OC)cccc1N(C)S(=O)(=O)c1ccc(C(C)(F)F)cc1)N1CC(F)(F)C(F)(F)C1. The van der Waals surface area contributed by atoms with Gasteiger partial charge in [-0.05, 0) is 24.3 Å². The highest BCUT2D eigenvalue weighted by atomic mass is 32.2. The van der Waals surface area contributed by atoms with Gasteiger partial charge in [0.15, 0.2) is 0 Å². The van der Waals surface area contributed by atoms with Gasteiger partial charge in [-0.3, -0.25) is 4.31 Å². The van der Waals surface area contributed by atoms with E-state index < -0.39 is 40.9 Å². The summed E-state index contributed by atoms with van der Waals surface area (Å²) < 4.78 is 115. The number of ether oxygens (including phenoxy) is 1. The van der Waals surface area contributed by atoms with Gasteiger partial charge < -0.3 is 9.64 Å². The number of anilines is 1. The molecule has 0 radical (unpaired) electrons. The third kappa shape index (κ3) is 4.42. The van der Waals surface area contributed by atoms with E-state index in [1.54, 1.807) is 0 Å². The van der Waals surface area contributed by atoms with E-state index in [1.807, 2.05) is 0 Å². The highest BCUT2D eigenvalue weighted by molar-refractivity contribution is 7.92. The van der Waals surface area contributed by atoms with Crippen molar-refractivity contribution < 1.29 is 39.5 Å². The molecule has 3 rings (SSSR count). The van der Waals surface area contributed by atoms with Crippen LogP contribution in [-0.4, -0.2) is 52.4 Å². The van der Waals surface area contributed by atoms with Gasteiger partial charge in [0.05, 0.1) is 36.3 Å². The third-order valence-electron chi connectivity index (χ3n) is 5.57. The zero-order valence-electron chi connectivity index (χ0n) is 18.5. The Morgan fingerprint density at radius 2 is 1.59 bits per heavy atom. The molecule has 1 fully saturated rings. The van der Waals surface area contributed by atoms with E-state index in [1.165, 1.54) is 25.3 Å². The van der Waals surface area contributed by atoms with Gasteiger partial charge >= 0.3 is 11.8 Å². The van der Waals surface area contributed by atoms with Crippen LogP contribution in [0.25, 0.3) is 5.70 Å². The summed E-state index contributed by atoms with van der Waals surface area (Å²) in [4.78, 5) is 0.349. The van der Waals surface area contributed by atoms with E-state index >= 15 is 0 Å². The van der Waals surface area contributed by atoms with Crippen molar-refractivity contribution in [2.75, 3.05) is 31.6 Å². The molecule has 0 N–H and O–H groups in total. The van der Waals surface area contributed by atoms with Crippen LogP contribution >= 0.6 is 0 Å². The number of rotatable bonds is 7. The van der Waals surface area contributed by atoms with Crippen LogP contribution in [0.15, 0.2) is 53.9 Å². The first kappa shape index (κ1) is 25.7.